The van der Waals surface area contributed by atoms with E-state index in [2.05, 4.69) is 24.0 Å². The highest BCUT2D eigenvalue weighted by Gasteiger charge is 2.17. The number of hydrogen-bond acceptors (Lipinski definition) is 3. The molecular weight excluding hydrogens is 347 g/mol. The number of halogens is 2. The van der Waals surface area contributed by atoms with Crippen LogP contribution in [-0.2, 0) is 0 Å². The Labute approximate surface area is 154 Å². The summed E-state index contributed by atoms with van der Waals surface area (Å²) in [6, 6.07) is 9.23. The SMILES string of the molecule is CC(C)C(N)CCN(C)C(=O)c1cc(-c2ccccc2Cl)n[nH]1.Cl. The first-order valence-electron chi connectivity index (χ1n) is 7.71. The molecule has 1 aromatic carbocycles. The molecular formula is C17H24Cl2N4O. The van der Waals surface area contributed by atoms with E-state index in [0.717, 1.165) is 12.0 Å². The normalized spacial score (nSPS) is 11.9. The Morgan fingerprint density at radius 1 is 1.38 bits per heavy atom. The molecule has 0 spiro atoms. The largest absolute Gasteiger partial charge is 0.340 e. The second-order valence-electron chi connectivity index (χ2n) is 6.07. The first-order valence-corrected chi connectivity index (χ1v) is 8.09. The zero-order valence-corrected chi connectivity index (χ0v) is 15.7. The first-order chi connectivity index (χ1) is 10.9. The third-order valence-electron chi connectivity index (χ3n) is 3.96. The maximum Gasteiger partial charge on any atom is 0.271 e. The van der Waals surface area contributed by atoms with Gasteiger partial charge in [-0.25, -0.2) is 0 Å². The molecule has 0 radical (unpaired) electrons. The van der Waals surface area contributed by atoms with Gasteiger partial charge in [-0.3, -0.25) is 9.89 Å². The fourth-order valence-electron chi connectivity index (χ4n) is 2.22. The molecule has 0 saturated carbocycles. The molecule has 1 amide bonds. The van der Waals surface area contributed by atoms with Crippen LogP contribution >= 0.6 is 24.0 Å². The molecule has 1 aromatic heterocycles. The van der Waals surface area contributed by atoms with Crippen molar-refractivity contribution in [2.75, 3.05) is 13.6 Å². The van der Waals surface area contributed by atoms with Crippen LogP contribution in [0.1, 0.15) is 30.8 Å². The maximum atomic E-state index is 12.4. The lowest BCUT2D eigenvalue weighted by Crippen LogP contribution is -2.34. The van der Waals surface area contributed by atoms with Gasteiger partial charge in [0.2, 0.25) is 0 Å². The van der Waals surface area contributed by atoms with E-state index in [1.807, 2.05) is 18.2 Å². The first kappa shape index (κ1) is 20.5. The number of aromatic nitrogens is 2. The Hall–Kier alpha value is -1.56. The number of aromatic amines is 1. The molecule has 3 N–H and O–H groups in total. The Morgan fingerprint density at radius 2 is 2.04 bits per heavy atom. The average molecular weight is 371 g/mol. The van der Waals surface area contributed by atoms with Gasteiger partial charge in [0.25, 0.3) is 5.91 Å². The minimum absolute atomic E-state index is 0. The van der Waals surface area contributed by atoms with E-state index < -0.39 is 0 Å². The molecule has 1 unspecified atom stereocenters. The number of nitrogens with one attached hydrogen (secondary N) is 1. The number of carbonyl (C=O) groups excluding carboxylic acids is 1. The second-order valence-corrected chi connectivity index (χ2v) is 6.48. The molecule has 7 heteroatoms. The molecule has 132 valence electrons. The second kappa shape index (κ2) is 9.06. The lowest BCUT2D eigenvalue weighted by molar-refractivity contribution is 0.0783. The van der Waals surface area contributed by atoms with Crippen LogP contribution in [0.2, 0.25) is 5.02 Å². The quantitative estimate of drug-likeness (QED) is 0.815. The van der Waals surface area contributed by atoms with Gasteiger partial charge in [0, 0.05) is 25.2 Å². The number of nitrogens with two attached hydrogens (primary N) is 1. The van der Waals surface area contributed by atoms with Crippen molar-refractivity contribution in [3.05, 3.63) is 41.0 Å². The van der Waals surface area contributed by atoms with Crippen LogP contribution in [0.5, 0.6) is 0 Å². The Morgan fingerprint density at radius 3 is 2.67 bits per heavy atom. The third kappa shape index (κ3) is 4.97. The van der Waals surface area contributed by atoms with E-state index in [0.29, 0.717) is 28.9 Å². The van der Waals surface area contributed by atoms with E-state index in [9.17, 15) is 4.79 Å². The van der Waals surface area contributed by atoms with Gasteiger partial charge >= 0.3 is 0 Å². The minimum atomic E-state index is -0.105. The Bertz CT molecular complexity index is 672. The van der Waals surface area contributed by atoms with Crippen LogP contribution in [0.3, 0.4) is 0 Å². The van der Waals surface area contributed by atoms with E-state index >= 15 is 0 Å². The van der Waals surface area contributed by atoms with Crippen LogP contribution in [0, 0.1) is 5.92 Å². The molecule has 0 aliphatic rings. The summed E-state index contributed by atoms with van der Waals surface area (Å²) in [7, 11) is 1.77. The highest BCUT2D eigenvalue weighted by atomic mass is 35.5. The summed E-state index contributed by atoms with van der Waals surface area (Å²) in [5.41, 5.74) is 7.93. The van der Waals surface area contributed by atoms with Gasteiger partial charge in [0.1, 0.15) is 5.69 Å². The molecule has 24 heavy (non-hydrogen) atoms. The minimum Gasteiger partial charge on any atom is -0.340 e. The van der Waals surface area contributed by atoms with Crippen LogP contribution in [-0.4, -0.2) is 40.6 Å². The molecule has 0 bridgehead atoms. The number of H-pyrrole nitrogens is 1. The van der Waals surface area contributed by atoms with Gasteiger partial charge in [-0.05, 0) is 24.5 Å². The number of carbonyl (C=O) groups is 1. The van der Waals surface area contributed by atoms with Crippen molar-refractivity contribution in [2.45, 2.75) is 26.3 Å². The van der Waals surface area contributed by atoms with Crippen LogP contribution in [0.4, 0.5) is 0 Å². The summed E-state index contributed by atoms with van der Waals surface area (Å²) in [5.74, 6) is 0.296. The van der Waals surface area contributed by atoms with Gasteiger partial charge in [-0.2, -0.15) is 5.10 Å². The van der Waals surface area contributed by atoms with Crippen molar-refractivity contribution in [2.24, 2.45) is 11.7 Å². The number of hydrogen-bond donors (Lipinski definition) is 2. The number of amides is 1. The molecule has 2 aromatic rings. The predicted molar refractivity (Wildman–Crippen MR) is 101 cm³/mol. The lowest BCUT2D eigenvalue weighted by Gasteiger charge is -2.21. The average Bonchev–Trinajstić information content (AvgIpc) is 3.01. The number of nitrogens with zero attached hydrogens (tertiary/aromatic N) is 2. The number of benzene rings is 1. The van der Waals surface area contributed by atoms with E-state index in [1.165, 1.54) is 0 Å². The molecule has 1 heterocycles. The fraction of sp³-hybridized carbons (Fsp3) is 0.412. The van der Waals surface area contributed by atoms with Gasteiger partial charge in [0.05, 0.1) is 10.7 Å². The van der Waals surface area contributed by atoms with Crippen molar-refractivity contribution in [1.82, 2.24) is 15.1 Å². The summed E-state index contributed by atoms with van der Waals surface area (Å²) in [6.07, 6.45) is 0.769. The molecule has 0 aliphatic carbocycles. The monoisotopic (exact) mass is 370 g/mol. The molecule has 0 saturated heterocycles. The number of rotatable bonds is 6. The highest BCUT2D eigenvalue weighted by molar-refractivity contribution is 6.33. The van der Waals surface area contributed by atoms with Crippen molar-refractivity contribution in [1.29, 1.82) is 0 Å². The Balaban J connectivity index is 0.00000288. The fourth-order valence-corrected chi connectivity index (χ4v) is 2.45. The smallest absolute Gasteiger partial charge is 0.271 e. The van der Waals surface area contributed by atoms with Crippen LogP contribution in [0.25, 0.3) is 11.3 Å². The summed E-state index contributed by atoms with van der Waals surface area (Å²) >= 11 is 6.16. The third-order valence-corrected chi connectivity index (χ3v) is 4.29. The molecule has 0 fully saturated rings. The van der Waals surface area contributed by atoms with Gasteiger partial charge in [-0.15, -0.1) is 12.4 Å². The van der Waals surface area contributed by atoms with Crippen molar-refractivity contribution in [3.8, 4) is 11.3 Å². The van der Waals surface area contributed by atoms with Crippen molar-refractivity contribution in [3.63, 3.8) is 0 Å². The maximum absolute atomic E-state index is 12.4. The van der Waals surface area contributed by atoms with Gasteiger partial charge in [-0.1, -0.05) is 43.6 Å². The van der Waals surface area contributed by atoms with E-state index in [4.69, 9.17) is 17.3 Å². The molecule has 0 aliphatic heterocycles. The summed E-state index contributed by atoms with van der Waals surface area (Å²) in [5, 5.41) is 7.59. The van der Waals surface area contributed by atoms with Crippen LogP contribution in [0.15, 0.2) is 30.3 Å². The van der Waals surface area contributed by atoms with Crippen molar-refractivity contribution >= 4 is 29.9 Å². The van der Waals surface area contributed by atoms with Gasteiger partial charge in [0.15, 0.2) is 0 Å². The van der Waals surface area contributed by atoms with Gasteiger partial charge < -0.3 is 10.6 Å². The lowest BCUT2D eigenvalue weighted by atomic mass is 10.0. The summed E-state index contributed by atoms with van der Waals surface area (Å²) in [4.78, 5) is 14.1. The Kier molecular flexibility index (Phi) is 7.73. The molecule has 1 atom stereocenters. The molecule has 5 nitrogen and oxygen atoms in total. The highest BCUT2D eigenvalue weighted by Crippen LogP contribution is 2.26. The summed E-state index contributed by atoms with van der Waals surface area (Å²) in [6.45, 7) is 4.77. The standard InChI is InChI=1S/C17H23ClN4O.ClH/c1-11(2)14(19)8-9-22(3)17(23)16-10-15(20-21-16)12-6-4-5-7-13(12)18;/h4-7,10-11,14H,8-9,19H2,1-3H3,(H,20,21);1H. The van der Waals surface area contributed by atoms with Crippen LogP contribution < -0.4 is 5.73 Å². The summed E-state index contributed by atoms with van der Waals surface area (Å²) < 4.78 is 0. The topological polar surface area (TPSA) is 75.0 Å². The molecule has 2 rings (SSSR count). The van der Waals surface area contributed by atoms with Crippen molar-refractivity contribution < 1.29 is 4.79 Å². The zero-order valence-electron chi connectivity index (χ0n) is 14.1. The zero-order chi connectivity index (χ0) is 17.0. The van der Waals surface area contributed by atoms with E-state index in [1.54, 1.807) is 24.1 Å². The predicted octanol–water partition coefficient (Wildman–Crippen LogP) is 3.60. The van der Waals surface area contributed by atoms with E-state index in [-0.39, 0.29) is 24.4 Å².